The summed E-state index contributed by atoms with van der Waals surface area (Å²) in [6.07, 6.45) is 4.02. The molecular weight excluding hydrogens is 214 g/mol. The van der Waals surface area contributed by atoms with Crippen LogP contribution in [-0.2, 0) is 11.2 Å². The molecule has 1 aromatic carbocycles. The number of para-hydroxylation sites is 1. The van der Waals surface area contributed by atoms with Gasteiger partial charge in [0.25, 0.3) is 0 Å². The lowest BCUT2D eigenvalue weighted by Crippen LogP contribution is -2.48. The largest absolute Gasteiger partial charge is 0.496 e. The van der Waals surface area contributed by atoms with E-state index in [1.165, 1.54) is 0 Å². The quantitative estimate of drug-likeness (QED) is 0.847. The first-order chi connectivity index (χ1) is 8.13. The molecule has 0 heterocycles. The molecule has 0 saturated heterocycles. The van der Waals surface area contributed by atoms with Crippen LogP contribution in [-0.4, -0.2) is 18.4 Å². The smallest absolute Gasteiger partial charge is 0.139 e. The summed E-state index contributed by atoms with van der Waals surface area (Å²) >= 11 is 0. The number of rotatable bonds is 5. The maximum atomic E-state index is 12.0. The van der Waals surface area contributed by atoms with Crippen molar-refractivity contribution in [3.8, 4) is 5.75 Å². The van der Waals surface area contributed by atoms with Crippen LogP contribution in [0.4, 0.5) is 0 Å². The van der Waals surface area contributed by atoms with Gasteiger partial charge in [-0.2, -0.15) is 0 Å². The molecule has 0 radical (unpaired) electrons. The molecule has 1 aliphatic carbocycles. The molecule has 1 fully saturated rings. The van der Waals surface area contributed by atoms with Crippen molar-refractivity contribution in [2.24, 2.45) is 5.73 Å². The van der Waals surface area contributed by atoms with Gasteiger partial charge in [0.05, 0.1) is 7.11 Å². The molecule has 17 heavy (non-hydrogen) atoms. The van der Waals surface area contributed by atoms with Gasteiger partial charge in [-0.05, 0) is 25.3 Å². The second-order valence-electron chi connectivity index (χ2n) is 4.92. The Kier molecular flexibility index (Phi) is 3.48. The summed E-state index contributed by atoms with van der Waals surface area (Å²) in [6, 6.07) is 7.64. The van der Waals surface area contributed by atoms with Crippen LogP contribution in [0.25, 0.3) is 0 Å². The summed E-state index contributed by atoms with van der Waals surface area (Å²) in [5.41, 5.74) is 6.80. The number of nitrogens with two attached hydrogens (primary N) is 1. The van der Waals surface area contributed by atoms with Gasteiger partial charge in [-0.25, -0.2) is 0 Å². The summed E-state index contributed by atoms with van der Waals surface area (Å²) in [5, 5.41) is 0. The molecule has 0 atom stereocenters. The third kappa shape index (κ3) is 2.86. The minimum atomic E-state index is -0.223. The Bertz CT molecular complexity index is 410. The highest BCUT2D eigenvalue weighted by atomic mass is 16.5. The first kappa shape index (κ1) is 12.1. The second kappa shape index (κ2) is 4.88. The molecular formula is C14H19NO2. The first-order valence-electron chi connectivity index (χ1n) is 6.05. The fourth-order valence-electron chi connectivity index (χ4n) is 2.32. The highest BCUT2D eigenvalue weighted by Gasteiger charge is 2.34. The van der Waals surface area contributed by atoms with Crippen LogP contribution in [0.2, 0.25) is 0 Å². The van der Waals surface area contributed by atoms with Crippen LogP contribution in [0.5, 0.6) is 5.75 Å². The first-order valence-corrected chi connectivity index (χ1v) is 6.05. The molecule has 0 spiro atoms. The minimum absolute atomic E-state index is 0.205. The van der Waals surface area contributed by atoms with E-state index in [1.807, 2.05) is 24.3 Å². The Morgan fingerprint density at radius 2 is 2.12 bits per heavy atom. The Hall–Kier alpha value is -1.35. The zero-order valence-corrected chi connectivity index (χ0v) is 10.2. The van der Waals surface area contributed by atoms with Crippen LogP contribution in [0.1, 0.15) is 31.2 Å². The predicted octanol–water partition coefficient (Wildman–Crippen LogP) is 2.08. The van der Waals surface area contributed by atoms with Crippen LogP contribution in [0.3, 0.4) is 0 Å². The van der Waals surface area contributed by atoms with Crippen LogP contribution < -0.4 is 10.5 Å². The SMILES string of the molecule is COc1ccccc1CC(=O)CC1(N)CCC1. The van der Waals surface area contributed by atoms with Crippen molar-refractivity contribution in [3.05, 3.63) is 29.8 Å². The Labute approximate surface area is 102 Å². The van der Waals surface area contributed by atoms with Crippen molar-refractivity contribution >= 4 is 5.78 Å². The molecule has 3 heteroatoms. The van der Waals surface area contributed by atoms with E-state index in [9.17, 15) is 4.79 Å². The summed E-state index contributed by atoms with van der Waals surface area (Å²) in [7, 11) is 1.62. The van der Waals surface area contributed by atoms with Gasteiger partial charge in [-0.15, -0.1) is 0 Å². The molecule has 0 amide bonds. The normalized spacial score (nSPS) is 17.3. The standard InChI is InChI=1S/C14H19NO2/c1-17-13-6-3-2-5-11(13)9-12(16)10-14(15)7-4-8-14/h2-3,5-6H,4,7-10,15H2,1H3. The van der Waals surface area contributed by atoms with Gasteiger partial charge in [-0.1, -0.05) is 18.2 Å². The summed E-state index contributed by atoms with van der Waals surface area (Å²) in [6.45, 7) is 0. The third-order valence-corrected chi connectivity index (χ3v) is 3.48. The van der Waals surface area contributed by atoms with E-state index < -0.39 is 0 Å². The molecule has 2 N–H and O–H groups in total. The lowest BCUT2D eigenvalue weighted by atomic mass is 9.74. The molecule has 2 rings (SSSR count). The molecule has 0 aliphatic heterocycles. The summed E-state index contributed by atoms with van der Waals surface area (Å²) < 4.78 is 5.23. The van der Waals surface area contributed by atoms with E-state index in [-0.39, 0.29) is 11.3 Å². The highest BCUT2D eigenvalue weighted by Crippen LogP contribution is 2.33. The Morgan fingerprint density at radius 1 is 1.41 bits per heavy atom. The number of ether oxygens (including phenoxy) is 1. The van der Waals surface area contributed by atoms with Crippen molar-refractivity contribution in [3.63, 3.8) is 0 Å². The van der Waals surface area contributed by atoms with E-state index in [0.717, 1.165) is 30.6 Å². The van der Waals surface area contributed by atoms with Crippen molar-refractivity contribution in [2.45, 2.75) is 37.6 Å². The maximum absolute atomic E-state index is 12.0. The lowest BCUT2D eigenvalue weighted by molar-refractivity contribution is -0.120. The lowest BCUT2D eigenvalue weighted by Gasteiger charge is -2.37. The maximum Gasteiger partial charge on any atom is 0.139 e. The van der Waals surface area contributed by atoms with Crippen molar-refractivity contribution in [2.75, 3.05) is 7.11 Å². The Balaban J connectivity index is 1.98. The van der Waals surface area contributed by atoms with E-state index in [4.69, 9.17) is 10.5 Å². The van der Waals surface area contributed by atoms with E-state index >= 15 is 0 Å². The van der Waals surface area contributed by atoms with Gasteiger partial charge in [0.15, 0.2) is 0 Å². The number of hydrogen-bond donors (Lipinski definition) is 1. The van der Waals surface area contributed by atoms with Gasteiger partial charge in [0, 0.05) is 23.9 Å². The van der Waals surface area contributed by atoms with Crippen LogP contribution in [0.15, 0.2) is 24.3 Å². The van der Waals surface area contributed by atoms with Crippen molar-refractivity contribution < 1.29 is 9.53 Å². The van der Waals surface area contributed by atoms with Gasteiger partial charge in [0.1, 0.15) is 11.5 Å². The molecule has 0 unspecified atom stereocenters. The van der Waals surface area contributed by atoms with E-state index in [2.05, 4.69) is 0 Å². The van der Waals surface area contributed by atoms with Crippen LogP contribution in [0, 0.1) is 0 Å². The Morgan fingerprint density at radius 3 is 2.71 bits per heavy atom. The minimum Gasteiger partial charge on any atom is -0.496 e. The second-order valence-corrected chi connectivity index (χ2v) is 4.92. The predicted molar refractivity (Wildman–Crippen MR) is 67.1 cm³/mol. The number of benzene rings is 1. The van der Waals surface area contributed by atoms with Crippen molar-refractivity contribution in [1.29, 1.82) is 0 Å². The average Bonchev–Trinajstić information content (AvgIpc) is 2.27. The molecule has 0 bridgehead atoms. The number of ketones is 1. The topological polar surface area (TPSA) is 52.3 Å². The molecule has 1 saturated carbocycles. The van der Waals surface area contributed by atoms with Gasteiger partial charge in [0.2, 0.25) is 0 Å². The fraction of sp³-hybridized carbons (Fsp3) is 0.500. The molecule has 1 aromatic rings. The van der Waals surface area contributed by atoms with E-state index in [1.54, 1.807) is 7.11 Å². The highest BCUT2D eigenvalue weighted by molar-refractivity contribution is 5.82. The van der Waals surface area contributed by atoms with Crippen molar-refractivity contribution in [1.82, 2.24) is 0 Å². The molecule has 1 aliphatic rings. The molecule has 0 aromatic heterocycles. The summed E-state index contributed by atoms with van der Waals surface area (Å²) in [5.74, 6) is 0.984. The van der Waals surface area contributed by atoms with Crippen LogP contribution >= 0.6 is 0 Å². The molecule has 3 nitrogen and oxygen atoms in total. The number of methoxy groups -OCH3 is 1. The number of Topliss-reactive ketones (excluding diaryl/α,β-unsaturated/α-hetero) is 1. The zero-order chi connectivity index (χ0) is 12.3. The third-order valence-electron chi connectivity index (χ3n) is 3.48. The van der Waals surface area contributed by atoms with Gasteiger partial charge in [-0.3, -0.25) is 4.79 Å². The van der Waals surface area contributed by atoms with Gasteiger partial charge >= 0.3 is 0 Å². The fourth-order valence-corrected chi connectivity index (χ4v) is 2.32. The van der Waals surface area contributed by atoms with Gasteiger partial charge < -0.3 is 10.5 Å². The van der Waals surface area contributed by atoms with E-state index in [0.29, 0.717) is 12.8 Å². The number of hydrogen-bond acceptors (Lipinski definition) is 3. The zero-order valence-electron chi connectivity index (χ0n) is 10.2. The number of carbonyl (C=O) groups is 1. The average molecular weight is 233 g/mol. The summed E-state index contributed by atoms with van der Waals surface area (Å²) in [4.78, 5) is 12.0. The molecule has 92 valence electrons. The monoisotopic (exact) mass is 233 g/mol. The number of carbonyl (C=O) groups excluding carboxylic acids is 1.